The van der Waals surface area contributed by atoms with Crippen LogP contribution in [-0.2, 0) is 4.74 Å². The zero-order valence-corrected chi connectivity index (χ0v) is 23.6. The van der Waals surface area contributed by atoms with Gasteiger partial charge in [0.15, 0.2) is 0 Å². The van der Waals surface area contributed by atoms with Crippen molar-refractivity contribution in [1.29, 1.82) is 5.26 Å². The van der Waals surface area contributed by atoms with E-state index >= 15 is 4.39 Å². The van der Waals surface area contributed by atoms with Crippen LogP contribution in [0.15, 0.2) is 53.5 Å². The molecule has 0 bridgehead atoms. The molecule has 6 rings (SSSR count). The maximum absolute atomic E-state index is 15.5. The Bertz CT molecular complexity index is 1720. The molecule has 1 fully saturated rings. The Balaban J connectivity index is 1.37. The Morgan fingerprint density at radius 2 is 2.00 bits per heavy atom. The van der Waals surface area contributed by atoms with E-state index in [-0.39, 0.29) is 6.04 Å². The van der Waals surface area contributed by atoms with E-state index in [4.69, 9.17) is 31.3 Å². The summed E-state index contributed by atoms with van der Waals surface area (Å²) in [6.45, 7) is 4.92. The van der Waals surface area contributed by atoms with E-state index in [1.807, 2.05) is 20.0 Å². The number of aromatic nitrogens is 3. The van der Waals surface area contributed by atoms with Gasteiger partial charge in [-0.2, -0.15) is 5.26 Å². The molecular weight excluding hydrogens is 545 g/mol. The van der Waals surface area contributed by atoms with Gasteiger partial charge in [-0.25, -0.2) is 14.4 Å². The van der Waals surface area contributed by atoms with Gasteiger partial charge < -0.3 is 18.9 Å². The number of aryl methyl sites for hydroxylation is 1. The lowest BCUT2D eigenvalue weighted by Crippen LogP contribution is -2.35. The van der Waals surface area contributed by atoms with Gasteiger partial charge in [0, 0.05) is 60.9 Å². The first-order valence-corrected chi connectivity index (χ1v) is 13.9. The lowest BCUT2D eigenvalue weighted by atomic mass is 10.0. The molecule has 2 aliphatic heterocycles. The molecule has 11 heteroatoms. The van der Waals surface area contributed by atoms with Crippen LogP contribution in [0.3, 0.4) is 0 Å². The summed E-state index contributed by atoms with van der Waals surface area (Å²) in [5.74, 6) is 1.33. The molecule has 0 atom stereocenters. The number of pyridine rings is 1. The number of hydrogen-bond acceptors (Lipinski definition) is 8. The van der Waals surface area contributed by atoms with Gasteiger partial charge in [0.1, 0.15) is 29.6 Å². The van der Waals surface area contributed by atoms with Crippen molar-refractivity contribution in [2.75, 3.05) is 40.0 Å². The van der Waals surface area contributed by atoms with Gasteiger partial charge in [-0.15, -0.1) is 0 Å². The molecule has 4 heterocycles. The van der Waals surface area contributed by atoms with Crippen LogP contribution in [0.4, 0.5) is 4.39 Å². The number of hydrogen-bond donors (Lipinski definition) is 0. The minimum atomic E-state index is -0.417. The summed E-state index contributed by atoms with van der Waals surface area (Å²) in [5.41, 5.74) is 3.17. The van der Waals surface area contributed by atoms with Crippen molar-refractivity contribution >= 4 is 39.9 Å². The quantitative estimate of drug-likeness (QED) is 0.284. The fraction of sp³-hybridized carbons (Fsp3) is 0.333. The van der Waals surface area contributed by atoms with Crippen LogP contribution in [-0.4, -0.2) is 70.7 Å². The van der Waals surface area contributed by atoms with E-state index in [0.29, 0.717) is 53.2 Å². The van der Waals surface area contributed by atoms with Gasteiger partial charge in [0.05, 0.1) is 47.8 Å². The van der Waals surface area contributed by atoms with Gasteiger partial charge in [-0.05, 0) is 38.0 Å². The van der Waals surface area contributed by atoms with E-state index in [1.165, 1.54) is 6.07 Å². The molecule has 2 aromatic carbocycles. The maximum atomic E-state index is 15.5. The fourth-order valence-corrected chi connectivity index (χ4v) is 5.81. The average Bonchev–Trinajstić information content (AvgIpc) is 3.29. The van der Waals surface area contributed by atoms with E-state index in [1.54, 1.807) is 41.7 Å². The molecule has 4 aromatic rings. The standard InChI is InChI=1S/C30H29ClFN7O2/c1-19-36-28-16-34-27-15-26(32)23(14-24(27)30(28)39(19)20-5-9-38(10-6-20)11-8-33)22-4-3-21(13-25(22)31)41-29-7-12-40-18-37(2)17-35-29/h3-4,7,13-17,20H,5-6,9-12,18H2,1-2H3/b29-7+,35-17-. The molecule has 0 amide bonds. The molecule has 210 valence electrons. The van der Waals surface area contributed by atoms with Crippen molar-refractivity contribution in [1.82, 2.24) is 24.3 Å². The summed E-state index contributed by atoms with van der Waals surface area (Å²) in [5, 5.41) is 10.2. The highest BCUT2D eigenvalue weighted by Crippen LogP contribution is 2.38. The first-order valence-electron chi connectivity index (χ1n) is 13.5. The number of imidazole rings is 1. The highest BCUT2D eigenvalue weighted by atomic mass is 35.5. The monoisotopic (exact) mass is 573 g/mol. The first-order chi connectivity index (χ1) is 19.9. The van der Waals surface area contributed by atoms with Gasteiger partial charge in [-0.1, -0.05) is 11.6 Å². The Kier molecular flexibility index (Phi) is 7.58. The molecular formula is C30H29ClFN7O2. The second-order valence-electron chi connectivity index (χ2n) is 10.3. The average molecular weight is 574 g/mol. The summed E-state index contributed by atoms with van der Waals surface area (Å²) < 4.78 is 29.2. The number of nitriles is 1. The molecule has 9 nitrogen and oxygen atoms in total. The first kappa shape index (κ1) is 27.1. The highest BCUT2D eigenvalue weighted by molar-refractivity contribution is 6.33. The van der Waals surface area contributed by atoms with Crippen molar-refractivity contribution in [3.63, 3.8) is 0 Å². The third-order valence-electron chi connectivity index (χ3n) is 7.50. The number of rotatable bonds is 5. The predicted octanol–water partition coefficient (Wildman–Crippen LogP) is 5.68. The number of fused-ring (bicyclic) bond motifs is 3. The summed E-state index contributed by atoms with van der Waals surface area (Å²) in [6.07, 6.45) is 6.89. The van der Waals surface area contributed by atoms with Crippen LogP contribution in [0.2, 0.25) is 5.02 Å². The molecule has 1 saturated heterocycles. The van der Waals surface area contributed by atoms with E-state index < -0.39 is 5.82 Å². The van der Waals surface area contributed by atoms with Crippen LogP contribution in [0.5, 0.6) is 5.75 Å². The molecule has 0 radical (unpaired) electrons. The molecule has 0 N–H and O–H groups in total. The maximum Gasteiger partial charge on any atom is 0.218 e. The lowest BCUT2D eigenvalue weighted by molar-refractivity contribution is 0.0958. The molecule has 2 aliphatic rings. The van der Waals surface area contributed by atoms with E-state index in [2.05, 4.69) is 25.5 Å². The topological polar surface area (TPSA) is 91.8 Å². The Morgan fingerprint density at radius 3 is 2.78 bits per heavy atom. The second kappa shape index (κ2) is 11.4. The number of benzene rings is 2. The van der Waals surface area contributed by atoms with Crippen LogP contribution < -0.4 is 4.74 Å². The number of piperidine rings is 1. The smallest absolute Gasteiger partial charge is 0.218 e. The molecule has 41 heavy (non-hydrogen) atoms. The third-order valence-corrected chi connectivity index (χ3v) is 7.82. The van der Waals surface area contributed by atoms with E-state index in [0.717, 1.165) is 48.2 Å². The van der Waals surface area contributed by atoms with Gasteiger partial charge in [0.25, 0.3) is 0 Å². The minimum Gasteiger partial charge on any atom is -0.439 e. The minimum absolute atomic E-state index is 0.226. The molecule has 0 spiro atoms. The van der Waals surface area contributed by atoms with Crippen molar-refractivity contribution < 1.29 is 13.9 Å². The van der Waals surface area contributed by atoms with Crippen molar-refractivity contribution in [3.8, 4) is 22.9 Å². The Morgan fingerprint density at radius 1 is 1.17 bits per heavy atom. The molecule has 0 unspecified atom stereocenters. The molecule has 0 aliphatic carbocycles. The highest BCUT2D eigenvalue weighted by Gasteiger charge is 2.25. The number of ether oxygens (including phenoxy) is 2. The van der Waals surface area contributed by atoms with Gasteiger partial charge in [-0.3, -0.25) is 9.88 Å². The lowest BCUT2D eigenvalue weighted by Gasteiger charge is -2.32. The van der Waals surface area contributed by atoms with Crippen molar-refractivity contribution in [2.45, 2.75) is 25.8 Å². The Hall–Kier alpha value is -4.04. The largest absolute Gasteiger partial charge is 0.439 e. The number of aliphatic imine (C=N–C) groups is 1. The normalized spacial score (nSPS) is 19.0. The zero-order chi connectivity index (χ0) is 28.5. The number of halogens is 2. The SMILES string of the molecule is Cc1nc2cnc3cc(F)c(-c4ccc(OC5=C/COCN(C)/C=N\5)cc4Cl)cc3c2n1C1CCN(CC#N)CC1. The zero-order valence-electron chi connectivity index (χ0n) is 22.8. The van der Waals surface area contributed by atoms with Crippen LogP contribution in [0, 0.1) is 24.1 Å². The van der Waals surface area contributed by atoms with Crippen LogP contribution in [0.1, 0.15) is 24.7 Å². The number of nitrogens with zero attached hydrogens (tertiary/aromatic N) is 7. The molecule has 0 saturated carbocycles. The van der Waals surface area contributed by atoms with Crippen molar-refractivity contribution in [2.24, 2.45) is 4.99 Å². The summed E-state index contributed by atoms with van der Waals surface area (Å²) in [6, 6.07) is 10.9. The van der Waals surface area contributed by atoms with E-state index in [9.17, 15) is 0 Å². The summed E-state index contributed by atoms with van der Waals surface area (Å²) in [7, 11) is 1.85. The van der Waals surface area contributed by atoms with Crippen LogP contribution in [0.25, 0.3) is 33.1 Å². The predicted molar refractivity (Wildman–Crippen MR) is 156 cm³/mol. The second-order valence-corrected chi connectivity index (χ2v) is 10.7. The van der Waals surface area contributed by atoms with Gasteiger partial charge in [0.2, 0.25) is 5.88 Å². The molecule has 2 aromatic heterocycles. The van der Waals surface area contributed by atoms with Crippen molar-refractivity contribution in [3.05, 3.63) is 65.2 Å². The number of likely N-dealkylation sites (tertiary alicyclic amines) is 1. The summed E-state index contributed by atoms with van der Waals surface area (Å²) in [4.78, 5) is 17.6. The summed E-state index contributed by atoms with van der Waals surface area (Å²) >= 11 is 6.70. The Labute approximate surface area is 242 Å². The fourth-order valence-electron chi connectivity index (χ4n) is 5.54. The van der Waals surface area contributed by atoms with Gasteiger partial charge >= 0.3 is 0 Å². The van der Waals surface area contributed by atoms with Crippen LogP contribution >= 0.6 is 11.6 Å². The third kappa shape index (κ3) is 5.48.